The van der Waals surface area contributed by atoms with Crippen molar-refractivity contribution >= 4 is 68.2 Å². The van der Waals surface area contributed by atoms with Crippen LogP contribution >= 0.6 is 23.1 Å². The Balaban J connectivity index is 1.70. The van der Waals surface area contributed by atoms with Crippen LogP contribution in [0.4, 0.5) is 37.6 Å². The Morgan fingerprint density at radius 2 is 1.76 bits per heavy atom. The summed E-state index contributed by atoms with van der Waals surface area (Å²) in [5.74, 6) is 1.06. The molecule has 0 fully saturated rings. The normalized spacial score (nSPS) is 11.8. The van der Waals surface area contributed by atoms with Crippen molar-refractivity contribution in [1.82, 2.24) is 24.8 Å². The fourth-order valence-corrected chi connectivity index (χ4v) is 6.15. The Morgan fingerprint density at radius 1 is 1.02 bits per heavy atom. The fraction of sp³-hybridized carbons (Fsp3) is 0.357. The van der Waals surface area contributed by atoms with Gasteiger partial charge in [0, 0.05) is 56.9 Å². The van der Waals surface area contributed by atoms with Crippen LogP contribution in [0.2, 0.25) is 0 Å². The fourth-order valence-electron chi connectivity index (χ4n) is 4.47. The lowest BCUT2D eigenvalue weighted by atomic mass is 10.1. The summed E-state index contributed by atoms with van der Waals surface area (Å²) in [6, 6.07) is 6.98. The van der Waals surface area contributed by atoms with Gasteiger partial charge in [-0.3, -0.25) is 9.97 Å². The number of hydrogen-bond donors (Lipinski definition) is 2. The summed E-state index contributed by atoms with van der Waals surface area (Å²) < 4.78 is 46.7. The second kappa shape index (κ2) is 13.3. The number of benzene rings is 2. The minimum absolute atomic E-state index is 0.203. The van der Waals surface area contributed by atoms with Crippen LogP contribution in [0.25, 0.3) is 11.0 Å². The zero-order chi connectivity index (χ0) is 30.6. The van der Waals surface area contributed by atoms with E-state index in [2.05, 4.69) is 46.5 Å². The van der Waals surface area contributed by atoms with Crippen molar-refractivity contribution in [3.05, 3.63) is 52.9 Å². The molecule has 0 amide bonds. The Bertz CT molecular complexity index is 1620. The highest BCUT2D eigenvalue weighted by Crippen LogP contribution is 2.41. The first-order valence-corrected chi connectivity index (χ1v) is 16.5. The van der Waals surface area contributed by atoms with Crippen LogP contribution in [0.3, 0.4) is 0 Å². The molecular weight excluding hydrogens is 629 g/mol. The van der Waals surface area contributed by atoms with Crippen molar-refractivity contribution in [2.75, 3.05) is 70.2 Å². The van der Waals surface area contributed by atoms with Crippen LogP contribution in [-0.2, 0) is 11.0 Å². The van der Waals surface area contributed by atoms with E-state index < -0.39 is 20.0 Å². The summed E-state index contributed by atoms with van der Waals surface area (Å²) in [5, 5.41) is 6.94. The summed E-state index contributed by atoms with van der Waals surface area (Å²) in [5.41, 5.74) is 3.32. The molecular formula is C28H34BrF2N8O2P. The van der Waals surface area contributed by atoms with E-state index in [4.69, 9.17) is 4.74 Å². The highest BCUT2D eigenvalue weighted by atomic mass is 79.9. The number of anilines is 5. The lowest BCUT2D eigenvalue weighted by molar-refractivity contribution is 0.149. The van der Waals surface area contributed by atoms with Crippen LogP contribution < -0.4 is 25.6 Å². The summed E-state index contributed by atoms with van der Waals surface area (Å²) in [6.07, 6.45) is 1.77. The third-order valence-corrected chi connectivity index (χ3v) is 8.57. The van der Waals surface area contributed by atoms with E-state index in [1.165, 1.54) is 7.11 Å². The van der Waals surface area contributed by atoms with Crippen LogP contribution in [0.5, 0.6) is 5.75 Å². The molecule has 224 valence electrons. The smallest absolute Gasteiger partial charge is 0.242 e. The van der Waals surface area contributed by atoms with E-state index in [1.807, 2.05) is 30.9 Å². The molecule has 2 aromatic carbocycles. The van der Waals surface area contributed by atoms with Gasteiger partial charge in [-0.15, -0.1) is 0 Å². The first-order valence-electron chi connectivity index (χ1n) is 13.1. The van der Waals surface area contributed by atoms with Gasteiger partial charge in [0.15, 0.2) is 0 Å². The third-order valence-electron chi connectivity index (χ3n) is 6.46. The molecule has 0 saturated heterocycles. The lowest BCUT2D eigenvalue weighted by Gasteiger charge is -2.26. The Morgan fingerprint density at radius 3 is 2.43 bits per heavy atom. The zero-order valence-electron chi connectivity index (χ0n) is 24.3. The maximum absolute atomic E-state index is 13.6. The highest BCUT2D eigenvalue weighted by Gasteiger charge is 2.23. The van der Waals surface area contributed by atoms with Crippen molar-refractivity contribution in [2.24, 2.45) is 0 Å². The molecule has 2 heterocycles. The number of aromatic nitrogens is 4. The van der Waals surface area contributed by atoms with Crippen molar-refractivity contribution in [2.45, 2.75) is 12.8 Å². The van der Waals surface area contributed by atoms with Crippen molar-refractivity contribution in [3.8, 4) is 5.75 Å². The minimum atomic E-state index is -2.80. The van der Waals surface area contributed by atoms with Crippen LogP contribution in [-0.4, -0.2) is 85.9 Å². The third kappa shape index (κ3) is 7.50. The van der Waals surface area contributed by atoms with Crippen LogP contribution in [0.15, 0.2) is 47.3 Å². The molecule has 10 nitrogen and oxygen atoms in total. The van der Waals surface area contributed by atoms with Gasteiger partial charge in [-0.25, -0.2) is 13.8 Å². The van der Waals surface area contributed by atoms with Gasteiger partial charge in [-0.2, -0.15) is 4.98 Å². The van der Waals surface area contributed by atoms with Gasteiger partial charge < -0.3 is 29.7 Å². The molecule has 0 radical (unpaired) electrons. The van der Waals surface area contributed by atoms with Gasteiger partial charge in [0.1, 0.15) is 24.2 Å². The predicted octanol–water partition coefficient (Wildman–Crippen LogP) is 5.73. The van der Waals surface area contributed by atoms with E-state index in [9.17, 15) is 13.3 Å². The average molecular weight is 664 g/mol. The molecule has 4 aromatic rings. The summed E-state index contributed by atoms with van der Waals surface area (Å²) in [6.45, 7) is 4.75. The van der Waals surface area contributed by atoms with Crippen molar-refractivity contribution in [3.63, 3.8) is 0 Å². The molecule has 14 heteroatoms. The summed E-state index contributed by atoms with van der Waals surface area (Å²) in [7, 11) is 4.51. The van der Waals surface area contributed by atoms with Crippen molar-refractivity contribution in [1.29, 1.82) is 0 Å². The number of fused-ring (bicyclic) bond motifs is 1. The lowest BCUT2D eigenvalue weighted by Crippen LogP contribution is -2.29. The number of ether oxygens (including phenoxy) is 1. The molecule has 4 rings (SSSR count). The molecule has 0 aliphatic carbocycles. The number of halogens is 3. The number of nitrogens with one attached hydrogen (secondary N) is 2. The van der Waals surface area contributed by atoms with E-state index in [0.29, 0.717) is 61.5 Å². The number of hydrogen-bond acceptors (Lipinski definition) is 10. The predicted molar refractivity (Wildman–Crippen MR) is 169 cm³/mol. The Kier molecular flexibility index (Phi) is 9.96. The first kappa shape index (κ1) is 31.5. The van der Waals surface area contributed by atoms with Gasteiger partial charge in [-0.1, -0.05) is 0 Å². The molecule has 0 bridgehead atoms. The van der Waals surface area contributed by atoms with Gasteiger partial charge in [0.05, 0.1) is 33.8 Å². The van der Waals surface area contributed by atoms with Gasteiger partial charge in [0.25, 0.3) is 0 Å². The number of methoxy groups -OCH3 is 1. The van der Waals surface area contributed by atoms with Crippen LogP contribution in [0, 0.1) is 0 Å². The number of rotatable bonds is 12. The highest BCUT2D eigenvalue weighted by molar-refractivity contribution is 9.10. The second-order valence-corrected chi connectivity index (χ2v) is 14.4. The molecule has 42 heavy (non-hydrogen) atoms. The maximum atomic E-state index is 13.6. The standard InChI is InChI=1S/C28H34BrF2N8O2P/c1-38(2)11-12-39(3)22-15-23(41-4)21(13-17(22)14-24(30)31)36-28-34-16-18(29)27(37-28)35-20-8-7-19-25(33-10-9-32-19)26(20)42(5,6)40/h7-10,13,15-16,24H,11-12,14H2,1-6H3,(H2,34,35,36,37). The largest absolute Gasteiger partial charge is 0.494 e. The number of likely N-dealkylation sites (N-methyl/N-ethyl adjacent to an activating group) is 2. The molecule has 2 aromatic heterocycles. The van der Waals surface area contributed by atoms with Gasteiger partial charge in [-0.05, 0) is 67.1 Å². The topological polar surface area (TPSA) is 108 Å². The molecule has 0 saturated carbocycles. The second-order valence-electron chi connectivity index (χ2n) is 10.4. The molecule has 2 N–H and O–H groups in total. The number of alkyl halides is 2. The zero-order valence-corrected chi connectivity index (χ0v) is 26.8. The van der Waals surface area contributed by atoms with Gasteiger partial charge >= 0.3 is 0 Å². The first-order chi connectivity index (χ1) is 19.9. The molecule has 0 aliphatic heterocycles. The van der Waals surface area contributed by atoms with Crippen molar-refractivity contribution < 1.29 is 18.1 Å². The number of nitrogens with zero attached hydrogens (tertiary/aromatic N) is 6. The van der Waals surface area contributed by atoms with E-state index in [1.54, 1.807) is 56.2 Å². The quantitative estimate of drug-likeness (QED) is 0.183. The maximum Gasteiger partial charge on any atom is 0.242 e. The Hall–Kier alpha value is -3.41. The van der Waals surface area contributed by atoms with E-state index in [-0.39, 0.29) is 5.95 Å². The summed E-state index contributed by atoms with van der Waals surface area (Å²) in [4.78, 5) is 21.7. The molecule has 0 spiro atoms. The SMILES string of the molecule is COc1cc(N(C)CCN(C)C)c(CC(F)F)cc1Nc1ncc(Br)c(Nc2ccc3nccnc3c2P(C)(C)=O)n1. The molecule has 0 unspecified atom stereocenters. The molecule has 0 atom stereocenters. The molecule has 0 aliphatic rings. The minimum Gasteiger partial charge on any atom is -0.494 e. The monoisotopic (exact) mass is 662 g/mol. The van der Waals surface area contributed by atoms with E-state index >= 15 is 0 Å². The van der Waals surface area contributed by atoms with E-state index in [0.717, 1.165) is 6.54 Å². The average Bonchev–Trinajstić information content (AvgIpc) is 2.92. The summed E-state index contributed by atoms with van der Waals surface area (Å²) >= 11 is 3.49. The van der Waals surface area contributed by atoms with Crippen LogP contribution in [0.1, 0.15) is 5.56 Å². The van der Waals surface area contributed by atoms with Gasteiger partial charge in [0.2, 0.25) is 12.4 Å². The Labute approximate surface area is 252 Å².